The number of carboxylic acid groups (broad SMARTS) is 1. The summed E-state index contributed by atoms with van der Waals surface area (Å²) < 4.78 is 0. The highest BCUT2D eigenvalue weighted by atomic mass is 35.5. The molecule has 7 heteroatoms. The molecule has 1 aliphatic carbocycles. The van der Waals surface area contributed by atoms with E-state index in [2.05, 4.69) is 10.6 Å². The molecule has 1 aromatic carbocycles. The summed E-state index contributed by atoms with van der Waals surface area (Å²) in [6.45, 7) is 4.53. The van der Waals surface area contributed by atoms with E-state index < -0.39 is 5.97 Å². The molecule has 3 N–H and O–H groups in total. The molecule has 2 amide bonds. The van der Waals surface area contributed by atoms with Gasteiger partial charge in [-0.15, -0.1) is 0 Å². The number of rotatable bonds is 6. The quantitative estimate of drug-likeness (QED) is 0.744. The highest BCUT2D eigenvalue weighted by Crippen LogP contribution is 2.26. The van der Waals surface area contributed by atoms with Gasteiger partial charge >= 0.3 is 12.0 Å². The van der Waals surface area contributed by atoms with E-state index >= 15 is 0 Å². The van der Waals surface area contributed by atoms with E-state index in [-0.39, 0.29) is 24.7 Å². The predicted molar refractivity (Wildman–Crippen MR) is 90.0 cm³/mol. The predicted octanol–water partition coefficient (Wildman–Crippen LogP) is 2.71. The Balaban J connectivity index is 1.80. The molecule has 0 heterocycles. The Kier molecular flexibility index (Phi) is 5.85. The molecule has 1 aliphatic rings. The van der Waals surface area contributed by atoms with Crippen molar-refractivity contribution in [1.29, 1.82) is 0 Å². The molecule has 0 spiro atoms. The van der Waals surface area contributed by atoms with Gasteiger partial charge in [0.2, 0.25) is 0 Å². The second kappa shape index (κ2) is 7.66. The van der Waals surface area contributed by atoms with Gasteiger partial charge in [0.25, 0.3) is 0 Å². The van der Waals surface area contributed by atoms with Gasteiger partial charge in [0.1, 0.15) is 0 Å². The molecule has 0 bridgehead atoms. The van der Waals surface area contributed by atoms with Gasteiger partial charge in [0, 0.05) is 22.8 Å². The van der Waals surface area contributed by atoms with Crippen LogP contribution in [0.25, 0.3) is 0 Å². The number of carbonyl (C=O) groups excluding carboxylic acids is 1. The molecule has 23 heavy (non-hydrogen) atoms. The number of nitrogens with zero attached hydrogens (tertiary/aromatic N) is 1. The summed E-state index contributed by atoms with van der Waals surface area (Å²) in [5.41, 5.74) is 1.52. The summed E-state index contributed by atoms with van der Waals surface area (Å²) in [5, 5.41) is 15.2. The van der Waals surface area contributed by atoms with Crippen LogP contribution in [0, 0.1) is 6.92 Å². The van der Waals surface area contributed by atoms with Gasteiger partial charge in [-0.2, -0.15) is 0 Å². The summed E-state index contributed by atoms with van der Waals surface area (Å²) in [7, 11) is 0. The monoisotopic (exact) mass is 339 g/mol. The molecule has 0 unspecified atom stereocenters. The lowest BCUT2D eigenvalue weighted by Crippen LogP contribution is -2.55. The molecule has 126 valence electrons. The number of urea groups is 1. The van der Waals surface area contributed by atoms with Crippen LogP contribution in [0.5, 0.6) is 0 Å². The van der Waals surface area contributed by atoms with Crippen LogP contribution >= 0.6 is 11.6 Å². The van der Waals surface area contributed by atoms with E-state index in [4.69, 9.17) is 16.7 Å². The molecule has 2 rings (SSSR count). The molecule has 0 atom stereocenters. The van der Waals surface area contributed by atoms with Crippen molar-refractivity contribution in [3.63, 3.8) is 0 Å². The molecule has 1 fully saturated rings. The number of hydrogen-bond acceptors (Lipinski definition) is 3. The lowest BCUT2D eigenvalue weighted by molar-refractivity contribution is -0.139. The van der Waals surface area contributed by atoms with Crippen LogP contribution in [0.3, 0.4) is 0 Å². The normalized spacial score (nSPS) is 20.0. The van der Waals surface area contributed by atoms with E-state index in [1.807, 2.05) is 18.7 Å². The van der Waals surface area contributed by atoms with Crippen molar-refractivity contribution in [2.45, 2.75) is 38.8 Å². The second-order valence-corrected chi connectivity index (χ2v) is 6.20. The van der Waals surface area contributed by atoms with Crippen LogP contribution in [0.2, 0.25) is 5.02 Å². The maximum atomic E-state index is 12.0. The Labute approximate surface area is 140 Å². The number of carbonyl (C=O) groups is 2. The molecule has 0 aromatic heterocycles. The molecular weight excluding hydrogens is 318 g/mol. The lowest BCUT2D eigenvalue weighted by Gasteiger charge is -2.42. The Morgan fingerprint density at radius 2 is 2.09 bits per heavy atom. The Morgan fingerprint density at radius 1 is 1.39 bits per heavy atom. The van der Waals surface area contributed by atoms with Gasteiger partial charge in [0.05, 0.1) is 6.54 Å². The minimum Gasteiger partial charge on any atom is -0.480 e. The summed E-state index contributed by atoms with van der Waals surface area (Å²) in [5.74, 6) is -0.822. The van der Waals surface area contributed by atoms with Crippen LogP contribution in [0.15, 0.2) is 18.2 Å². The fourth-order valence-electron chi connectivity index (χ4n) is 2.76. The van der Waals surface area contributed by atoms with Gasteiger partial charge in [-0.1, -0.05) is 24.6 Å². The molecule has 6 nitrogen and oxygen atoms in total. The van der Waals surface area contributed by atoms with Crippen molar-refractivity contribution in [3.05, 3.63) is 28.8 Å². The fourth-order valence-corrected chi connectivity index (χ4v) is 2.94. The molecule has 1 saturated carbocycles. The van der Waals surface area contributed by atoms with E-state index in [0.717, 1.165) is 18.4 Å². The minimum atomic E-state index is -0.822. The standard InChI is InChI=1S/C16H22ClN3O3/c1-3-20(9-15(21)22)12-7-11(8-12)18-16(23)19-14-6-4-5-13(17)10(14)2/h4-6,11-12H,3,7-9H2,1-2H3,(H,21,22)(H2,18,19,23). The first-order valence-electron chi connectivity index (χ1n) is 7.69. The zero-order chi connectivity index (χ0) is 17.0. The maximum absolute atomic E-state index is 12.0. The van der Waals surface area contributed by atoms with Crippen molar-refractivity contribution in [2.75, 3.05) is 18.4 Å². The first-order chi connectivity index (χ1) is 10.9. The van der Waals surface area contributed by atoms with Crippen LogP contribution in [-0.4, -0.2) is 47.2 Å². The summed E-state index contributed by atoms with van der Waals surface area (Å²) in [6, 6.07) is 5.39. The molecule has 0 aliphatic heterocycles. The molecule has 0 radical (unpaired) electrons. The zero-order valence-electron chi connectivity index (χ0n) is 13.3. The number of anilines is 1. The Bertz CT molecular complexity index is 588. The average Bonchev–Trinajstić information content (AvgIpc) is 2.45. The largest absolute Gasteiger partial charge is 0.480 e. The smallest absolute Gasteiger partial charge is 0.319 e. The van der Waals surface area contributed by atoms with Gasteiger partial charge in [-0.3, -0.25) is 9.69 Å². The first kappa shape index (κ1) is 17.6. The SMILES string of the molecule is CCN(CC(=O)O)C1CC(NC(=O)Nc2cccc(Cl)c2C)C1. The molecule has 0 saturated heterocycles. The van der Waals surface area contributed by atoms with Gasteiger partial charge in [0.15, 0.2) is 0 Å². The van der Waals surface area contributed by atoms with Crippen LogP contribution in [-0.2, 0) is 4.79 Å². The number of likely N-dealkylation sites (N-methyl/N-ethyl adjacent to an activating group) is 1. The maximum Gasteiger partial charge on any atom is 0.319 e. The van der Waals surface area contributed by atoms with Crippen LogP contribution < -0.4 is 10.6 Å². The van der Waals surface area contributed by atoms with Crippen molar-refractivity contribution in [2.24, 2.45) is 0 Å². The Hall–Kier alpha value is -1.79. The third kappa shape index (κ3) is 4.59. The number of hydrogen-bond donors (Lipinski definition) is 3. The van der Waals surface area contributed by atoms with Crippen LogP contribution in [0.1, 0.15) is 25.3 Å². The summed E-state index contributed by atoms with van der Waals surface area (Å²) in [6.07, 6.45) is 1.53. The second-order valence-electron chi connectivity index (χ2n) is 5.79. The topological polar surface area (TPSA) is 81.7 Å². The van der Waals surface area contributed by atoms with E-state index in [1.165, 1.54) is 0 Å². The third-order valence-electron chi connectivity index (χ3n) is 4.23. The van der Waals surface area contributed by atoms with Crippen molar-refractivity contribution < 1.29 is 14.7 Å². The first-order valence-corrected chi connectivity index (χ1v) is 8.07. The fraction of sp³-hybridized carbons (Fsp3) is 0.500. The van der Waals surface area contributed by atoms with E-state index in [1.54, 1.807) is 18.2 Å². The van der Waals surface area contributed by atoms with Gasteiger partial charge < -0.3 is 15.7 Å². The minimum absolute atomic E-state index is 0.0434. The van der Waals surface area contributed by atoms with Crippen molar-refractivity contribution >= 4 is 29.3 Å². The zero-order valence-corrected chi connectivity index (χ0v) is 14.1. The number of amides is 2. The number of carboxylic acids is 1. The van der Waals surface area contributed by atoms with Crippen LogP contribution in [0.4, 0.5) is 10.5 Å². The third-order valence-corrected chi connectivity index (χ3v) is 4.63. The molecular formula is C16H22ClN3O3. The Morgan fingerprint density at radius 3 is 2.70 bits per heavy atom. The highest BCUT2D eigenvalue weighted by Gasteiger charge is 2.34. The number of aliphatic carboxylic acids is 1. The van der Waals surface area contributed by atoms with E-state index in [0.29, 0.717) is 17.3 Å². The number of benzene rings is 1. The summed E-state index contributed by atoms with van der Waals surface area (Å²) >= 11 is 6.03. The number of halogens is 1. The highest BCUT2D eigenvalue weighted by molar-refractivity contribution is 6.31. The van der Waals surface area contributed by atoms with Gasteiger partial charge in [-0.25, -0.2) is 4.79 Å². The lowest BCUT2D eigenvalue weighted by atomic mass is 9.85. The number of nitrogens with one attached hydrogen (secondary N) is 2. The average molecular weight is 340 g/mol. The van der Waals surface area contributed by atoms with Crippen molar-refractivity contribution in [1.82, 2.24) is 10.2 Å². The van der Waals surface area contributed by atoms with Gasteiger partial charge in [-0.05, 0) is 44.0 Å². The van der Waals surface area contributed by atoms with E-state index in [9.17, 15) is 9.59 Å². The molecule has 1 aromatic rings. The summed E-state index contributed by atoms with van der Waals surface area (Å²) in [4.78, 5) is 24.7. The van der Waals surface area contributed by atoms with Crippen molar-refractivity contribution in [3.8, 4) is 0 Å².